The average Bonchev–Trinajstić information content (AvgIpc) is 2.40. The number of nitrogens with zero attached hydrogens (tertiary/aromatic N) is 1. The predicted molar refractivity (Wildman–Crippen MR) is 94.2 cm³/mol. The van der Waals surface area contributed by atoms with Crippen LogP contribution in [-0.2, 0) is 4.74 Å². The fourth-order valence-corrected chi connectivity index (χ4v) is 2.06. The van der Waals surface area contributed by atoms with E-state index in [4.69, 9.17) is 9.47 Å². The summed E-state index contributed by atoms with van der Waals surface area (Å²) in [5.74, 6) is 0.801. The fourth-order valence-electron chi connectivity index (χ4n) is 2.06. The number of nitrogens with one attached hydrogen (secondary N) is 1. The molecular formula is C18H30N2O3. The van der Waals surface area contributed by atoms with Gasteiger partial charge in [-0.25, -0.2) is 4.79 Å². The second-order valence-electron chi connectivity index (χ2n) is 7.46. The van der Waals surface area contributed by atoms with Gasteiger partial charge in [0.25, 0.3) is 0 Å². The minimum atomic E-state index is -0.499. The molecule has 1 amide bonds. The van der Waals surface area contributed by atoms with Crippen molar-refractivity contribution in [2.24, 2.45) is 0 Å². The molecular weight excluding hydrogens is 292 g/mol. The summed E-state index contributed by atoms with van der Waals surface area (Å²) in [7, 11) is 1.64. The van der Waals surface area contributed by atoms with Crippen LogP contribution in [0.25, 0.3) is 0 Å². The largest absolute Gasteiger partial charge is 0.497 e. The van der Waals surface area contributed by atoms with Gasteiger partial charge in [-0.05, 0) is 53.7 Å². The molecule has 0 aliphatic rings. The topological polar surface area (TPSA) is 50.8 Å². The van der Waals surface area contributed by atoms with E-state index in [1.165, 1.54) is 0 Å². The van der Waals surface area contributed by atoms with E-state index in [0.717, 1.165) is 11.4 Å². The second kappa shape index (κ2) is 7.57. The SMILES string of the molecule is COc1cccc(NCCN(C(=O)OC(C)(C)C)C(C)(C)C)c1. The summed E-state index contributed by atoms with van der Waals surface area (Å²) in [5.41, 5.74) is 0.154. The first kappa shape index (κ1) is 19.1. The Morgan fingerprint density at radius 2 is 1.83 bits per heavy atom. The number of methoxy groups -OCH3 is 1. The van der Waals surface area contributed by atoms with Crippen LogP contribution >= 0.6 is 0 Å². The van der Waals surface area contributed by atoms with Gasteiger partial charge in [-0.3, -0.25) is 0 Å². The van der Waals surface area contributed by atoms with E-state index in [0.29, 0.717) is 13.1 Å². The number of benzene rings is 1. The predicted octanol–water partition coefficient (Wildman–Crippen LogP) is 4.14. The number of hydrogen-bond donors (Lipinski definition) is 1. The van der Waals surface area contributed by atoms with Crippen LogP contribution < -0.4 is 10.1 Å². The van der Waals surface area contributed by atoms with Gasteiger partial charge >= 0.3 is 6.09 Å². The van der Waals surface area contributed by atoms with Crippen LogP contribution in [0.4, 0.5) is 10.5 Å². The summed E-state index contributed by atoms with van der Waals surface area (Å²) >= 11 is 0. The zero-order valence-electron chi connectivity index (χ0n) is 15.4. The van der Waals surface area contributed by atoms with Crippen molar-refractivity contribution in [1.29, 1.82) is 0 Å². The molecule has 0 aliphatic carbocycles. The smallest absolute Gasteiger partial charge is 0.410 e. The molecule has 130 valence electrons. The van der Waals surface area contributed by atoms with Crippen molar-refractivity contribution in [1.82, 2.24) is 4.90 Å². The molecule has 0 unspecified atom stereocenters. The Kier molecular flexibility index (Phi) is 6.30. The highest BCUT2D eigenvalue weighted by Gasteiger charge is 2.30. The Balaban J connectivity index is 2.66. The van der Waals surface area contributed by atoms with Crippen molar-refractivity contribution in [2.75, 3.05) is 25.5 Å². The molecule has 0 aromatic heterocycles. The van der Waals surface area contributed by atoms with Crippen LogP contribution in [0, 0.1) is 0 Å². The Morgan fingerprint density at radius 1 is 1.17 bits per heavy atom. The molecule has 0 saturated heterocycles. The second-order valence-corrected chi connectivity index (χ2v) is 7.46. The maximum atomic E-state index is 12.4. The summed E-state index contributed by atoms with van der Waals surface area (Å²) in [6.07, 6.45) is -0.294. The number of rotatable bonds is 5. The van der Waals surface area contributed by atoms with Gasteiger partial charge in [-0.15, -0.1) is 0 Å². The summed E-state index contributed by atoms with van der Waals surface area (Å²) in [6, 6.07) is 7.72. The molecule has 0 spiro atoms. The van der Waals surface area contributed by atoms with Crippen molar-refractivity contribution < 1.29 is 14.3 Å². The van der Waals surface area contributed by atoms with Gasteiger partial charge in [0.15, 0.2) is 0 Å². The molecule has 0 saturated carbocycles. The van der Waals surface area contributed by atoms with Crippen molar-refractivity contribution in [2.45, 2.75) is 52.7 Å². The summed E-state index contributed by atoms with van der Waals surface area (Å²) < 4.78 is 10.7. The molecule has 0 bridgehead atoms. The number of amides is 1. The molecule has 0 aliphatic heterocycles. The van der Waals surface area contributed by atoms with Gasteiger partial charge in [0.05, 0.1) is 7.11 Å². The lowest BCUT2D eigenvalue weighted by atomic mass is 10.1. The van der Waals surface area contributed by atoms with E-state index in [1.54, 1.807) is 12.0 Å². The van der Waals surface area contributed by atoms with Crippen molar-refractivity contribution >= 4 is 11.8 Å². The molecule has 23 heavy (non-hydrogen) atoms. The standard InChI is InChI=1S/C18H30N2O3/c1-17(2,3)20(16(21)23-18(4,5)6)12-11-19-14-9-8-10-15(13-14)22-7/h8-10,13,19H,11-12H2,1-7H3. The molecule has 1 N–H and O–H groups in total. The van der Waals surface area contributed by atoms with Crippen LogP contribution in [0.5, 0.6) is 5.75 Å². The van der Waals surface area contributed by atoms with Crippen LogP contribution in [0.1, 0.15) is 41.5 Å². The third-order valence-electron chi connectivity index (χ3n) is 3.16. The highest BCUT2D eigenvalue weighted by atomic mass is 16.6. The normalized spacial score (nSPS) is 11.8. The van der Waals surface area contributed by atoms with E-state index in [2.05, 4.69) is 5.32 Å². The summed E-state index contributed by atoms with van der Waals surface area (Å²) in [5, 5.41) is 3.31. The fraction of sp³-hybridized carbons (Fsp3) is 0.611. The van der Waals surface area contributed by atoms with Crippen LogP contribution in [0.3, 0.4) is 0 Å². The maximum Gasteiger partial charge on any atom is 0.410 e. The summed E-state index contributed by atoms with van der Waals surface area (Å²) in [4.78, 5) is 14.1. The highest BCUT2D eigenvalue weighted by molar-refractivity contribution is 5.69. The maximum absolute atomic E-state index is 12.4. The molecule has 0 atom stereocenters. The lowest BCUT2D eigenvalue weighted by Gasteiger charge is -2.37. The van der Waals surface area contributed by atoms with Gasteiger partial charge in [-0.1, -0.05) is 6.07 Å². The molecule has 1 rings (SSSR count). The molecule has 0 radical (unpaired) electrons. The minimum Gasteiger partial charge on any atom is -0.497 e. The monoisotopic (exact) mass is 322 g/mol. The zero-order valence-corrected chi connectivity index (χ0v) is 15.4. The van der Waals surface area contributed by atoms with E-state index in [9.17, 15) is 4.79 Å². The van der Waals surface area contributed by atoms with Crippen LogP contribution in [-0.4, -0.2) is 42.3 Å². The number of carbonyl (C=O) groups excluding carboxylic acids is 1. The first-order valence-electron chi connectivity index (χ1n) is 7.91. The number of ether oxygens (including phenoxy) is 2. The Bertz CT molecular complexity index is 516. The van der Waals surface area contributed by atoms with E-state index in [1.807, 2.05) is 65.8 Å². The molecule has 1 aromatic rings. The lowest BCUT2D eigenvalue weighted by Crippen LogP contribution is -2.49. The molecule has 0 heterocycles. The quantitative estimate of drug-likeness (QED) is 0.885. The minimum absolute atomic E-state index is 0.294. The van der Waals surface area contributed by atoms with E-state index in [-0.39, 0.29) is 11.6 Å². The average molecular weight is 322 g/mol. The number of anilines is 1. The highest BCUT2D eigenvalue weighted by Crippen LogP contribution is 2.19. The third kappa shape index (κ3) is 6.80. The zero-order chi connectivity index (χ0) is 17.7. The molecule has 5 heteroatoms. The Morgan fingerprint density at radius 3 is 2.35 bits per heavy atom. The Labute approximate surface area is 140 Å². The van der Waals surface area contributed by atoms with Crippen molar-refractivity contribution in [3.8, 4) is 5.75 Å². The first-order valence-corrected chi connectivity index (χ1v) is 7.91. The number of carbonyl (C=O) groups is 1. The van der Waals surface area contributed by atoms with E-state index < -0.39 is 5.60 Å². The summed E-state index contributed by atoms with van der Waals surface area (Å²) in [6.45, 7) is 12.8. The third-order valence-corrected chi connectivity index (χ3v) is 3.16. The first-order chi connectivity index (χ1) is 10.5. The molecule has 5 nitrogen and oxygen atoms in total. The van der Waals surface area contributed by atoms with Crippen molar-refractivity contribution in [3.05, 3.63) is 24.3 Å². The van der Waals surface area contributed by atoms with Gasteiger partial charge in [0, 0.05) is 30.4 Å². The van der Waals surface area contributed by atoms with Gasteiger partial charge in [-0.2, -0.15) is 0 Å². The number of hydrogen-bond acceptors (Lipinski definition) is 4. The van der Waals surface area contributed by atoms with Crippen LogP contribution in [0.2, 0.25) is 0 Å². The van der Waals surface area contributed by atoms with Crippen molar-refractivity contribution in [3.63, 3.8) is 0 Å². The van der Waals surface area contributed by atoms with Gasteiger partial charge in [0.2, 0.25) is 0 Å². The van der Waals surface area contributed by atoms with Crippen LogP contribution in [0.15, 0.2) is 24.3 Å². The van der Waals surface area contributed by atoms with Gasteiger partial charge < -0.3 is 19.7 Å². The van der Waals surface area contributed by atoms with Gasteiger partial charge in [0.1, 0.15) is 11.4 Å². The molecule has 1 aromatic carbocycles. The molecule has 0 fully saturated rings. The van der Waals surface area contributed by atoms with E-state index >= 15 is 0 Å². The Hall–Kier alpha value is -1.91. The lowest BCUT2D eigenvalue weighted by molar-refractivity contribution is 0.00749.